The molecule has 120 valence electrons. The van der Waals surface area contributed by atoms with Crippen LogP contribution in [-0.4, -0.2) is 18.3 Å². The molecule has 2 aromatic carbocycles. The zero-order valence-corrected chi connectivity index (χ0v) is 13.7. The van der Waals surface area contributed by atoms with E-state index in [2.05, 4.69) is 10.5 Å². The van der Waals surface area contributed by atoms with E-state index in [1.165, 1.54) is 12.1 Å². The highest BCUT2D eigenvalue weighted by molar-refractivity contribution is 7.80. The van der Waals surface area contributed by atoms with Gasteiger partial charge in [0.1, 0.15) is 12.4 Å². The summed E-state index contributed by atoms with van der Waals surface area (Å²) in [7, 11) is 1.57. The molecule has 0 radical (unpaired) electrons. The summed E-state index contributed by atoms with van der Waals surface area (Å²) in [5.41, 5.74) is 4.42. The van der Waals surface area contributed by atoms with Crippen molar-refractivity contribution in [1.82, 2.24) is 5.43 Å². The zero-order chi connectivity index (χ0) is 16.7. The number of nitrogens with zero attached hydrogens (tertiary/aromatic N) is 1. The lowest BCUT2D eigenvalue weighted by atomic mass is 10.2. The summed E-state index contributed by atoms with van der Waals surface area (Å²) in [6.45, 7) is 2.08. The summed E-state index contributed by atoms with van der Waals surface area (Å²) in [6, 6.07) is 11.6. The van der Waals surface area contributed by atoms with Crippen molar-refractivity contribution in [2.75, 3.05) is 7.11 Å². The molecule has 0 saturated heterocycles. The van der Waals surface area contributed by atoms with E-state index in [-0.39, 0.29) is 5.82 Å². The summed E-state index contributed by atoms with van der Waals surface area (Å²) < 4.78 is 23.9. The van der Waals surface area contributed by atoms with Gasteiger partial charge in [0.25, 0.3) is 0 Å². The van der Waals surface area contributed by atoms with Gasteiger partial charge in [0.2, 0.25) is 0 Å². The number of methoxy groups -OCH3 is 1. The highest BCUT2D eigenvalue weighted by atomic mass is 32.1. The van der Waals surface area contributed by atoms with Crippen LogP contribution in [0.1, 0.15) is 18.1 Å². The summed E-state index contributed by atoms with van der Waals surface area (Å²) in [6.07, 6.45) is 1.64. The Morgan fingerprint density at radius 1 is 1.22 bits per heavy atom. The number of halogens is 1. The predicted octanol–water partition coefficient (Wildman–Crippen LogP) is 3.68. The second-order valence-electron chi connectivity index (χ2n) is 4.75. The van der Waals surface area contributed by atoms with Gasteiger partial charge in [-0.15, -0.1) is 0 Å². The molecule has 0 bridgehead atoms. The van der Waals surface area contributed by atoms with Gasteiger partial charge >= 0.3 is 0 Å². The summed E-state index contributed by atoms with van der Waals surface area (Å²) in [4.78, 5) is 0.590. The maximum atomic E-state index is 12.9. The molecular weight excluding hydrogens is 315 g/mol. The van der Waals surface area contributed by atoms with Crippen LogP contribution in [0, 0.1) is 5.82 Å². The molecule has 0 fully saturated rings. The van der Waals surface area contributed by atoms with Crippen LogP contribution in [0.2, 0.25) is 0 Å². The van der Waals surface area contributed by atoms with Crippen LogP contribution in [0.5, 0.6) is 11.5 Å². The molecule has 23 heavy (non-hydrogen) atoms. The lowest BCUT2D eigenvalue weighted by Gasteiger charge is -2.11. The average molecular weight is 332 g/mol. The minimum atomic E-state index is -0.268. The molecule has 0 atom stereocenters. The van der Waals surface area contributed by atoms with Crippen molar-refractivity contribution < 1.29 is 13.9 Å². The fourth-order valence-corrected chi connectivity index (χ4v) is 1.88. The van der Waals surface area contributed by atoms with Crippen molar-refractivity contribution in [3.05, 3.63) is 59.4 Å². The van der Waals surface area contributed by atoms with E-state index in [9.17, 15) is 4.39 Å². The van der Waals surface area contributed by atoms with Gasteiger partial charge in [-0.2, -0.15) is 5.10 Å². The smallest absolute Gasteiger partial charge is 0.161 e. The van der Waals surface area contributed by atoms with Crippen LogP contribution in [0.3, 0.4) is 0 Å². The van der Waals surface area contributed by atoms with Crippen LogP contribution in [0.15, 0.2) is 47.6 Å². The molecule has 0 heterocycles. The molecule has 0 aliphatic heterocycles. The topological polar surface area (TPSA) is 42.8 Å². The third-order valence-electron chi connectivity index (χ3n) is 2.93. The van der Waals surface area contributed by atoms with E-state index in [1.54, 1.807) is 38.4 Å². The molecule has 6 heteroatoms. The number of hydrogen-bond donors (Lipinski definition) is 1. The third kappa shape index (κ3) is 5.34. The number of benzene rings is 2. The molecular formula is C17H17FN2O2S. The second-order valence-corrected chi connectivity index (χ2v) is 5.36. The number of rotatable bonds is 6. The first kappa shape index (κ1) is 16.9. The van der Waals surface area contributed by atoms with E-state index in [0.717, 1.165) is 11.1 Å². The molecule has 2 rings (SSSR count). The minimum Gasteiger partial charge on any atom is -0.493 e. The molecule has 0 saturated carbocycles. The Labute approximate surface area is 139 Å². The van der Waals surface area contributed by atoms with E-state index < -0.39 is 0 Å². The van der Waals surface area contributed by atoms with Gasteiger partial charge in [-0.25, -0.2) is 4.39 Å². The van der Waals surface area contributed by atoms with E-state index in [1.807, 2.05) is 12.1 Å². The largest absolute Gasteiger partial charge is 0.493 e. The normalized spacial score (nSPS) is 10.6. The van der Waals surface area contributed by atoms with Crippen molar-refractivity contribution in [1.29, 1.82) is 0 Å². The Hall–Kier alpha value is -2.47. The molecule has 0 aliphatic rings. The third-order valence-corrected chi connectivity index (χ3v) is 3.02. The number of hydrogen-bond acceptors (Lipinski definition) is 4. The first-order valence-corrected chi connectivity index (χ1v) is 7.34. The van der Waals surface area contributed by atoms with Crippen molar-refractivity contribution in [3.8, 4) is 11.5 Å². The van der Waals surface area contributed by atoms with Crippen molar-refractivity contribution >= 4 is 23.4 Å². The van der Waals surface area contributed by atoms with E-state index >= 15 is 0 Å². The van der Waals surface area contributed by atoms with Gasteiger partial charge in [0.05, 0.1) is 18.3 Å². The Morgan fingerprint density at radius 3 is 2.61 bits per heavy atom. The quantitative estimate of drug-likeness (QED) is 0.498. The summed E-state index contributed by atoms with van der Waals surface area (Å²) in [5, 5.41) is 4.00. The fourth-order valence-electron chi connectivity index (χ4n) is 1.82. The van der Waals surface area contributed by atoms with Gasteiger partial charge in [0, 0.05) is 0 Å². The first-order valence-electron chi connectivity index (χ1n) is 6.93. The molecule has 1 N–H and O–H groups in total. The fraction of sp³-hybridized carbons (Fsp3) is 0.176. The standard InChI is InChI=1S/C17H17FN2O2S/c1-12(23)20-19-10-14-5-8-16(17(9-14)21-2)22-11-13-3-6-15(18)7-4-13/h3-10H,11H2,1-2H3,(H,20,23)/b19-10+. The Balaban J connectivity index is 2.05. The average Bonchev–Trinajstić information content (AvgIpc) is 2.54. The lowest BCUT2D eigenvalue weighted by molar-refractivity contribution is 0.284. The lowest BCUT2D eigenvalue weighted by Crippen LogP contribution is -2.10. The number of hydrazone groups is 1. The van der Waals surface area contributed by atoms with Gasteiger partial charge < -0.3 is 9.47 Å². The molecule has 0 aromatic heterocycles. The highest BCUT2D eigenvalue weighted by Gasteiger charge is 2.06. The van der Waals surface area contributed by atoms with Crippen molar-refractivity contribution in [3.63, 3.8) is 0 Å². The van der Waals surface area contributed by atoms with Crippen molar-refractivity contribution in [2.45, 2.75) is 13.5 Å². The van der Waals surface area contributed by atoms with Gasteiger partial charge in [0.15, 0.2) is 11.5 Å². The summed E-state index contributed by atoms with van der Waals surface area (Å²) >= 11 is 4.88. The summed E-state index contributed by atoms with van der Waals surface area (Å²) in [5.74, 6) is 0.929. The number of thiocarbonyl (C=S) groups is 1. The molecule has 2 aromatic rings. The molecule has 0 spiro atoms. The van der Waals surface area contributed by atoms with Crippen LogP contribution < -0.4 is 14.9 Å². The Kier molecular flexibility index (Phi) is 6.05. The van der Waals surface area contributed by atoms with Crippen LogP contribution in [0.25, 0.3) is 0 Å². The molecule has 0 unspecified atom stereocenters. The SMILES string of the molecule is COc1cc(/C=N/NC(C)=S)ccc1OCc1ccc(F)cc1. The zero-order valence-electron chi connectivity index (χ0n) is 12.9. The maximum Gasteiger partial charge on any atom is 0.161 e. The molecule has 4 nitrogen and oxygen atoms in total. The molecule has 0 aliphatic carbocycles. The van der Waals surface area contributed by atoms with Crippen LogP contribution >= 0.6 is 12.2 Å². The van der Waals surface area contributed by atoms with Crippen LogP contribution in [-0.2, 0) is 6.61 Å². The Morgan fingerprint density at radius 2 is 1.96 bits per heavy atom. The van der Waals surface area contributed by atoms with Gasteiger partial charge in [-0.3, -0.25) is 5.43 Å². The first-order chi connectivity index (χ1) is 11.1. The molecule has 0 amide bonds. The van der Waals surface area contributed by atoms with Gasteiger partial charge in [-0.05, 0) is 48.4 Å². The van der Waals surface area contributed by atoms with E-state index in [0.29, 0.717) is 23.1 Å². The van der Waals surface area contributed by atoms with Crippen LogP contribution in [0.4, 0.5) is 4.39 Å². The monoisotopic (exact) mass is 332 g/mol. The number of nitrogens with one attached hydrogen (secondary N) is 1. The maximum absolute atomic E-state index is 12.9. The number of ether oxygens (including phenoxy) is 2. The Bertz CT molecular complexity index is 702. The highest BCUT2D eigenvalue weighted by Crippen LogP contribution is 2.28. The minimum absolute atomic E-state index is 0.268. The van der Waals surface area contributed by atoms with Gasteiger partial charge in [-0.1, -0.05) is 24.4 Å². The van der Waals surface area contributed by atoms with Crippen molar-refractivity contribution in [2.24, 2.45) is 5.10 Å². The predicted molar refractivity (Wildman–Crippen MR) is 92.7 cm³/mol. The second kappa shape index (κ2) is 8.24. The van der Waals surface area contributed by atoms with E-state index in [4.69, 9.17) is 21.7 Å².